The standard InChI is InChI=1S/C14H18N4S/c1-9-3-2-4-11(9)17-14-12(13(15)18-19-14)10-5-7-16-8-6-10/h5-9,11,17H,2-4H2,1H3,(H2,15,18). The number of pyridine rings is 1. The van der Waals surface area contributed by atoms with Gasteiger partial charge in [-0.3, -0.25) is 4.98 Å². The minimum atomic E-state index is 0.542. The number of nitrogens with one attached hydrogen (secondary N) is 1. The van der Waals surface area contributed by atoms with Crippen LogP contribution in [-0.4, -0.2) is 15.4 Å². The SMILES string of the molecule is CC1CCCC1Nc1snc(N)c1-c1ccncc1. The fraction of sp³-hybridized carbons (Fsp3) is 0.429. The molecule has 5 heteroatoms. The lowest BCUT2D eigenvalue weighted by Crippen LogP contribution is -2.21. The quantitative estimate of drug-likeness (QED) is 0.900. The number of hydrogen-bond donors (Lipinski definition) is 2. The van der Waals surface area contributed by atoms with Crippen molar-refractivity contribution in [3.63, 3.8) is 0 Å². The van der Waals surface area contributed by atoms with Crippen LogP contribution in [0.1, 0.15) is 26.2 Å². The Hall–Kier alpha value is -1.62. The lowest BCUT2D eigenvalue weighted by Gasteiger charge is -2.18. The molecule has 3 N–H and O–H groups in total. The van der Waals surface area contributed by atoms with E-state index in [0.717, 1.165) is 16.1 Å². The highest BCUT2D eigenvalue weighted by Gasteiger charge is 2.25. The van der Waals surface area contributed by atoms with Gasteiger partial charge in [-0.1, -0.05) is 13.3 Å². The van der Waals surface area contributed by atoms with Gasteiger partial charge in [0.05, 0.1) is 5.56 Å². The van der Waals surface area contributed by atoms with E-state index in [1.807, 2.05) is 12.1 Å². The summed E-state index contributed by atoms with van der Waals surface area (Å²) in [6.07, 6.45) is 7.41. The molecule has 0 aliphatic heterocycles. The van der Waals surface area contributed by atoms with E-state index in [2.05, 4.69) is 21.6 Å². The number of rotatable bonds is 3. The summed E-state index contributed by atoms with van der Waals surface area (Å²) in [7, 11) is 0. The molecule has 0 bridgehead atoms. The van der Waals surface area contributed by atoms with Crippen molar-refractivity contribution in [1.82, 2.24) is 9.36 Å². The largest absolute Gasteiger partial charge is 0.382 e. The van der Waals surface area contributed by atoms with Crippen LogP contribution in [0.2, 0.25) is 0 Å². The molecule has 3 rings (SSSR count). The van der Waals surface area contributed by atoms with Crippen molar-refractivity contribution in [2.45, 2.75) is 32.2 Å². The van der Waals surface area contributed by atoms with E-state index >= 15 is 0 Å². The fourth-order valence-electron chi connectivity index (χ4n) is 2.73. The Bertz CT molecular complexity index is 552. The molecule has 19 heavy (non-hydrogen) atoms. The van der Waals surface area contributed by atoms with Gasteiger partial charge in [0.15, 0.2) is 0 Å². The van der Waals surface area contributed by atoms with Crippen LogP contribution in [0.25, 0.3) is 11.1 Å². The van der Waals surface area contributed by atoms with Crippen LogP contribution >= 0.6 is 11.5 Å². The molecule has 4 nitrogen and oxygen atoms in total. The molecule has 2 atom stereocenters. The summed E-state index contributed by atoms with van der Waals surface area (Å²) >= 11 is 1.45. The van der Waals surface area contributed by atoms with Crippen LogP contribution in [0.3, 0.4) is 0 Å². The van der Waals surface area contributed by atoms with Crippen molar-refractivity contribution < 1.29 is 0 Å². The van der Waals surface area contributed by atoms with Crippen LogP contribution in [0.5, 0.6) is 0 Å². The van der Waals surface area contributed by atoms with Crippen LogP contribution in [0.4, 0.5) is 10.8 Å². The molecule has 2 unspecified atom stereocenters. The minimum Gasteiger partial charge on any atom is -0.382 e. The van der Waals surface area contributed by atoms with Crippen LogP contribution in [-0.2, 0) is 0 Å². The lowest BCUT2D eigenvalue weighted by molar-refractivity contribution is 0.557. The van der Waals surface area contributed by atoms with Crippen molar-refractivity contribution in [2.75, 3.05) is 11.1 Å². The zero-order chi connectivity index (χ0) is 13.2. The summed E-state index contributed by atoms with van der Waals surface area (Å²) in [6, 6.07) is 4.49. The third kappa shape index (κ3) is 2.42. The average Bonchev–Trinajstić information content (AvgIpc) is 2.98. The topological polar surface area (TPSA) is 63.8 Å². The third-order valence-corrected chi connectivity index (χ3v) is 4.66. The molecule has 1 fully saturated rings. The van der Waals surface area contributed by atoms with E-state index in [1.165, 1.54) is 30.8 Å². The molecule has 0 amide bonds. The smallest absolute Gasteiger partial charge is 0.147 e. The number of hydrogen-bond acceptors (Lipinski definition) is 5. The van der Waals surface area contributed by atoms with Crippen molar-refractivity contribution >= 4 is 22.4 Å². The number of anilines is 2. The summed E-state index contributed by atoms with van der Waals surface area (Å²) < 4.78 is 4.30. The summed E-state index contributed by atoms with van der Waals surface area (Å²) in [5, 5.41) is 4.72. The summed E-state index contributed by atoms with van der Waals surface area (Å²) in [5.74, 6) is 1.32. The molecular formula is C14H18N4S. The average molecular weight is 274 g/mol. The van der Waals surface area contributed by atoms with E-state index < -0.39 is 0 Å². The molecular weight excluding hydrogens is 256 g/mol. The summed E-state index contributed by atoms with van der Waals surface area (Å²) in [4.78, 5) is 4.05. The first-order valence-electron chi connectivity index (χ1n) is 6.68. The van der Waals surface area contributed by atoms with Gasteiger partial charge in [0.2, 0.25) is 0 Å². The first kappa shape index (κ1) is 12.4. The lowest BCUT2D eigenvalue weighted by atomic mass is 10.1. The Morgan fingerprint density at radius 3 is 2.79 bits per heavy atom. The highest BCUT2D eigenvalue weighted by atomic mass is 32.1. The minimum absolute atomic E-state index is 0.542. The van der Waals surface area contributed by atoms with Crippen molar-refractivity contribution in [3.05, 3.63) is 24.5 Å². The van der Waals surface area contributed by atoms with Crippen molar-refractivity contribution in [1.29, 1.82) is 0 Å². The summed E-state index contributed by atoms with van der Waals surface area (Å²) in [5.41, 5.74) is 8.12. The van der Waals surface area contributed by atoms with Crippen molar-refractivity contribution in [3.8, 4) is 11.1 Å². The second kappa shape index (κ2) is 5.17. The van der Waals surface area contributed by atoms with Gasteiger partial charge in [0, 0.05) is 18.4 Å². The van der Waals surface area contributed by atoms with E-state index in [1.54, 1.807) is 12.4 Å². The van der Waals surface area contributed by atoms with Gasteiger partial charge >= 0.3 is 0 Å². The molecule has 2 aromatic heterocycles. The van der Waals surface area contributed by atoms with Crippen LogP contribution in [0, 0.1) is 5.92 Å². The van der Waals surface area contributed by atoms with Gasteiger partial charge in [0.25, 0.3) is 0 Å². The monoisotopic (exact) mass is 274 g/mol. The van der Waals surface area contributed by atoms with Gasteiger partial charge < -0.3 is 11.1 Å². The molecule has 2 heterocycles. The maximum Gasteiger partial charge on any atom is 0.147 e. The van der Waals surface area contributed by atoms with E-state index in [9.17, 15) is 0 Å². The van der Waals surface area contributed by atoms with Gasteiger partial charge in [-0.2, -0.15) is 4.37 Å². The van der Waals surface area contributed by atoms with E-state index in [-0.39, 0.29) is 0 Å². The third-order valence-electron chi connectivity index (χ3n) is 3.87. The molecule has 1 aliphatic rings. The molecule has 1 saturated carbocycles. The number of nitrogens with zero attached hydrogens (tertiary/aromatic N) is 2. The van der Waals surface area contributed by atoms with Crippen LogP contribution < -0.4 is 11.1 Å². The Morgan fingerprint density at radius 2 is 2.11 bits per heavy atom. The van der Waals surface area contributed by atoms with Gasteiger partial charge in [-0.25, -0.2) is 0 Å². The predicted octanol–water partition coefficient (Wildman–Crippen LogP) is 3.39. The van der Waals surface area contributed by atoms with E-state index in [4.69, 9.17) is 5.73 Å². The Morgan fingerprint density at radius 1 is 1.32 bits per heavy atom. The Kier molecular flexibility index (Phi) is 3.38. The molecule has 0 spiro atoms. The maximum absolute atomic E-state index is 6.02. The molecule has 2 aromatic rings. The molecule has 0 saturated heterocycles. The maximum atomic E-state index is 6.02. The Balaban J connectivity index is 1.91. The molecule has 0 aromatic carbocycles. The molecule has 100 valence electrons. The number of nitrogen functional groups attached to an aromatic ring is 1. The van der Waals surface area contributed by atoms with E-state index in [0.29, 0.717) is 17.8 Å². The number of aromatic nitrogens is 2. The summed E-state index contributed by atoms with van der Waals surface area (Å²) in [6.45, 7) is 2.31. The fourth-order valence-corrected chi connectivity index (χ4v) is 3.53. The Labute approximate surface area is 117 Å². The first-order chi connectivity index (χ1) is 9.25. The van der Waals surface area contributed by atoms with Gasteiger partial charge in [0.1, 0.15) is 10.8 Å². The van der Waals surface area contributed by atoms with Crippen molar-refractivity contribution in [2.24, 2.45) is 5.92 Å². The highest BCUT2D eigenvalue weighted by molar-refractivity contribution is 7.11. The molecule has 0 radical (unpaired) electrons. The van der Waals surface area contributed by atoms with Gasteiger partial charge in [-0.15, -0.1) is 0 Å². The first-order valence-corrected chi connectivity index (χ1v) is 7.45. The zero-order valence-electron chi connectivity index (χ0n) is 11.0. The second-order valence-corrected chi connectivity index (χ2v) is 5.94. The molecule has 1 aliphatic carbocycles. The number of nitrogens with two attached hydrogens (primary N) is 1. The normalized spacial score (nSPS) is 22.6. The van der Waals surface area contributed by atoms with Crippen LogP contribution in [0.15, 0.2) is 24.5 Å². The zero-order valence-corrected chi connectivity index (χ0v) is 11.8. The highest BCUT2D eigenvalue weighted by Crippen LogP contribution is 2.39. The van der Waals surface area contributed by atoms with Gasteiger partial charge in [-0.05, 0) is 48.0 Å². The second-order valence-electron chi connectivity index (χ2n) is 5.17. The predicted molar refractivity (Wildman–Crippen MR) is 80.2 cm³/mol.